The van der Waals surface area contributed by atoms with E-state index < -0.39 is 15.9 Å². The Balaban J connectivity index is 2.23. The van der Waals surface area contributed by atoms with Crippen molar-refractivity contribution < 1.29 is 13.2 Å². The summed E-state index contributed by atoms with van der Waals surface area (Å²) in [6, 6.07) is 1.34. The van der Waals surface area contributed by atoms with E-state index in [2.05, 4.69) is 5.32 Å². The molecule has 3 N–H and O–H groups in total. The van der Waals surface area contributed by atoms with Crippen molar-refractivity contribution in [1.82, 2.24) is 14.2 Å². The van der Waals surface area contributed by atoms with Gasteiger partial charge in [0, 0.05) is 26.3 Å². The van der Waals surface area contributed by atoms with Crippen LogP contribution in [0.3, 0.4) is 0 Å². The molecule has 0 spiro atoms. The Kier molecular flexibility index (Phi) is 4.17. The molecule has 0 radical (unpaired) electrons. The fraction of sp³-hybridized carbons (Fsp3) is 0.583. The van der Waals surface area contributed by atoms with Gasteiger partial charge >= 0.3 is 0 Å². The Morgan fingerprint density at radius 1 is 1.55 bits per heavy atom. The third kappa shape index (κ3) is 2.72. The smallest absolute Gasteiger partial charge is 0.265 e. The summed E-state index contributed by atoms with van der Waals surface area (Å²) in [6.07, 6.45) is 2.27. The van der Waals surface area contributed by atoms with Crippen molar-refractivity contribution in [1.29, 1.82) is 0 Å². The number of hydrogen-bond acceptors (Lipinski definition) is 4. The zero-order valence-corrected chi connectivity index (χ0v) is 12.5. The number of nitrogens with zero attached hydrogens (tertiary/aromatic N) is 2. The number of nitrogens with one attached hydrogen (secondary N) is 1. The lowest BCUT2D eigenvalue weighted by Crippen LogP contribution is -2.30. The molecule has 1 unspecified atom stereocenters. The lowest BCUT2D eigenvalue weighted by Gasteiger charge is -2.15. The van der Waals surface area contributed by atoms with Crippen LogP contribution in [0.4, 0.5) is 0 Å². The fourth-order valence-electron chi connectivity index (χ4n) is 2.54. The Labute approximate surface area is 118 Å². The highest BCUT2D eigenvalue weighted by Gasteiger charge is 2.33. The normalized spacial score (nSPS) is 20.4. The largest absolute Gasteiger partial charge is 0.364 e. The number of rotatable bonds is 5. The average molecular weight is 300 g/mol. The van der Waals surface area contributed by atoms with E-state index >= 15 is 0 Å². The van der Waals surface area contributed by atoms with Crippen LogP contribution in [-0.2, 0) is 17.1 Å². The second-order valence-corrected chi connectivity index (χ2v) is 7.05. The third-order valence-corrected chi connectivity index (χ3v) is 5.44. The summed E-state index contributed by atoms with van der Waals surface area (Å²) in [4.78, 5) is 11.3. The van der Waals surface area contributed by atoms with Crippen LogP contribution < -0.4 is 11.1 Å². The Bertz CT molecular complexity index is 608. The molecular formula is C12H20N4O3S. The van der Waals surface area contributed by atoms with Crippen LogP contribution in [0.2, 0.25) is 0 Å². The van der Waals surface area contributed by atoms with Gasteiger partial charge in [-0.05, 0) is 32.0 Å². The van der Waals surface area contributed by atoms with Gasteiger partial charge < -0.3 is 15.6 Å². The van der Waals surface area contributed by atoms with Gasteiger partial charge in [-0.3, -0.25) is 4.79 Å². The molecular weight excluding hydrogens is 280 g/mol. The molecule has 2 rings (SSSR count). The van der Waals surface area contributed by atoms with Gasteiger partial charge in [-0.15, -0.1) is 0 Å². The van der Waals surface area contributed by atoms with Gasteiger partial charge in [0.2, 0.25) is 10.0 Å². The van der Waals surface area contributed by atoms with E-state index in [4.69, 9.17) is 5.73 Å². The fourth-order valence-corrected chi connectivity index (χ4v) is 4.14. The van der Waals surface area contributed by atoms with Crippen molar-refractivity contribution >= 4 is 15.9 Å². The third-order valence-electron chi connectivity index (χ3n) is 3.61. The zero-order chi connectivity index (χ0) is 14.9. The Hall–Kier alpha value is -1.38. The van der Waals surface area contributed by atoms with Crippen molar-refractivity contribution in [3.8, 4) is 0 Å². The van der Waals surface area contributed by atoms with Crippen molar-refractivity contribution in [2.75, 3.05) is 26.7 Å². The van der Waals surface area contributed by atoms with E-state index in [1.165, 1.54) is 21.1 Å². The first kappa shape index (κ1) is 15.0. The highest BCUT2D eigenvalue weighted by molar-refractivity contribution is 7.89. The first-order chi connectivity index (χ1) is 9.36. The molecule has 1 aliphatic rings. The summed E-state index contributed by atoms with van der Waals surface area (Å²) < 4.78 is 27.9. The van der Waals surface area contributed by atoms with Crippen molar-refractivity contribution in [3.63, 3.8) is 0 Å². The van der Waals surface area contributed by atoms with E-state index in [0.717, 1.165) is 13.0 Å². The van der Waals surface area contributed by atoms with Crippen molar-refractivity contribution in [3.05, 3.63) is 18.0 Å². The molecule has 0 aliphatic carbocycles. The van der Waals surface area contributed by atoms with Gasteiger partial charge in [-0.25, -0.2) is 8.42 Å². The molecule has 1 amide bonds. The average Bonchev–Trinajstić information content (AvgIpc) is 2.96. The maximum atomic E-state index is 12.5. The number of carbonyl (C=O) groups excluding carboxylic acids is 1. The number of primary amides is 1. The molecule has 7 nitrogen and oxygen atoms in total. The van der Waals surface area contributed by atoms with Crippen LogP contribution in [0.5, 0.6) is 0 Å². The van der Waals surface area contributed by atoms with Crippen LogP contribution in [-0.4, -0.2) is 49.9 Å². The lowest BCUT2D eigenvalue weighted by molar-refractivity contribution is 0.0992. The number of amides is 1. The summed E-state index contributed by atoms with van der Waals surface area (Å²) in [5.74, 6) is -0.308. The van der Waals surface area contributed by atoms with Gasteiger partial charge in [-0.2, -0.15) is 4.31 Å². The Morgan fingerprint density at radius 2 is 2.25 bits per heavy atom. The van der Waals surface area contributed by atoms with E-state index in [-0.39, 0.29) is 10.6 Å². The molecule has 0 saturated carbocycles. The van der Waals surface area contributed by atoms with Gasteiger partial charge in [0.05, 0.1) is 0 Å². The molecule has 1 saturated heterocycles. The van der Waals surface area contributed by atoms with Crippen LogP contribution in [0, 0.1) is 5.92 Å². The molecule has 112 valence electrons. The lowest BCUT2D eigenvalue weighted by atomic mass is 10.1. The predicted octanol–water partition coefficient (Wildman–Crippen LogP) is -0.646. The van der Waals surface area contributed by atoms with Gasteiger partial charge in [-0.1, -0.05) is 0 Å². The summed E-state index contributed by atoms with van der Waals surface area (Å²) in [5.41, 5.74) is 5.40. The zero-order valence-electron chi connectivity index (χ0n) is 11.7. The molecule has 1 aromatic heterocycles. The summed E-state index contributed by atoms with van der Waals surface area (Å²) in [7, 11) is -0.0894. The molecule has 0 aromatic carbocycles. The van der Waals surface area contributed by atoms with E-state index in [9.17, 15) is 13.2 Å². The summed E-state index contributed by atoms with van der Waals surface area (Å²) in [5, 5.41) is 3.06. The Morgan fingerprint density at radius 3 is 2.80 bits per heavy atom. The highest BCUT2D eigenvalue weighted by Crippen LogP contribution is 2.25. The predicted molar refractivity (Wildman–Crippen MR) is 74.7 cm³/mol. The van der Waals surface area contributed by atoms with E-state index in [1.807, 2.05) is 7.05 Å². The van der Waals surface area contributed by atoms with Crippen LogP contribution in [0.15, 0.2) is 17.2 Å². The standard InChI is InChI=1S/C12H20N4O3S/c1-14-6-9-3-4-16(7-9)20(18,19)10-5-11(12(13)17)15(2)8-10/h5,8-9,14H,3-4,6-7H2,1-2H3,(H2,13,17). The van der Waals surface area contributed by atoms with Gasteiger partial charge in [0.25, 0.3) is 5.91 Å². The van der Waals surface area contributed by atoms with E-state index in [0.29, 0.717) is 19.0 Å². The molecule has 1 aromatic rings. The first-order valence-corrected chi connectivity index (χ1v) is 7.91. The van der Waals surface area contributed by atoms with Crippen LogP contribution in [0.1, 0.15) is 16.9 Å². The number of nitrogens with two attached hydrogens (primary N) is 1. The molecule has 2 heterocycles. The molecule has 1 atom stereocenters. The molecule has 1 fully saturated rings. The second-order valence-electron chi connectivity index (χ2n) is 5.11. The molecule has 20 heavy (non-hydrogen) atoms. The van der Waals surface area contributed by atoms with Gasteiger partial charge in [0.15, 0.2) is 0 Å². The minimum Gasteiger partial charge on any atom is -0.364 e. The quantitative estimate of drug-likeness (QED) is 0.755. The highest BCUT2D eigenvalue weighted by atomic mass is 32.2. The maximum Gasteiger partial charge on any atom is 0.265 e. The topological polar surface area (TPSA) is 97.4 Å². The van der Waals surface area contributed by atoms with E-state index in [1.54, 1.807) is 7.05 Å². The number of carbonyl (C=O) groups is 1. The number of hydrogen-bond donors (Lipinski definition) is 2. The van der Waals surface area contributed by atoms with Crippen LogP contribution >= 0.6 is 0 Å². The maximum absolute atomic E-state index is 12.5. The first-order valence-electron chi connectivity index (χ1n) is 6.47. The molecule has 0 bridgehead atoms. The van der Waals surface area contributed by atoms with Crippen molar-refractivity contribution in [2.45, 2.75) is 11.3 Å². The minimum absolute atomic E-state index is 0.124. The number of sulfonamides is 1. The number of aromatic nitrogens is 1. The molecule has 8 heteroatoms. The summed E-state index contributed by atoms with van der Waals surface area (Å²) >= 11 is 0. The summed E-state index contributed by atoms with van der Waals surface area (Å²) in [6.45, 7) is 1.81. The molecule has 1 aliphatic heterocycles. The van der Waals surface area contributed by atoms with Crippen LogP contribution in [0.25, 0.3) is 0 Å². The van der Waals surface area contributed by atoms with Gasteiger partial charge in [0.1, 0.15) is 10.6 Å². The second kappa shape index (κ2) is 5.55. The minimum atomic E-state index is -3.55. The number of aryl methyl sites for hydroxylation is 1. The SMILES string of the molecule is CNCC1CCN(S(=O)(=O)c2cc(C(N)=O)n(C)c2)C1. The van der Waals surface area contributed by atoms with Crippen molar-refractivity contribution in [2.24, 2.45) is 18.7 Å². The monoisotopic (exact) mass is 300 g/mol.